The van der Waals surface area contributed by atoms with Gasteiger partial charge in [-0.2, -0.15) is 0 Å². The van der Waals surface area contributed by atoms with E-state index < -0.39 is 0 Å². The van der Waals surface area contributed by atoms with Crippen LogP contribution in [0.2, 0.25) is 5.02 Å². The van der Waals surface area contributed by atoms with Gasteiger partial charge in [-0.05, 0) is 24.7 Å². The SMILES string of the molecule is CNCC(C)C(=O)NCC(OC)c1ccc(Cl)cc1. The lowest BCUT2D eigenvalue weighted by Crippen LogP contribution is -2.36. The van der Waals surface area contributed by atoms with E-state index in [2.05, 4.69) is 10.6 Å². The van der Waals surface area contributed by atoms with E-state index in [-0.39, 0.29) is 17.9 Å². The predicted molar refractivity (Wildman–Crippen MR) is 77.3 cm³/mol. The highest BCUT2D eigenvalue weighted by atomic mass is 35.5. The van der Waals surface area contributed by atoms with Crippen LogP contribution in [0.5, 0.6) is 0 Å². The average Bonchev–Trinajstić information content (AvgIpc) is 2.41. The maximum atomic E-state index is 11.8. The van der Waals surface area contributed by atoms with Crippen molar-refractivity contribution in [3.8, 4) is 0 Å². The maximum Gasteiger partial charge on any atom is 0.224 e. The number of ether oxygens (including phenoxy) is 1. The molecule has 1 amide bonds. The molecule has 1 aromatic rings. The summed E-state index contributed by atoms with van der Waals surface area (Å²) in [6.07, 6.45) is -0.164. The average molecular weight is 285 g/mol. The fourth-order valence-corrected chi connectivity index (χ4v) is 1.91. The van der Waals surface area contributed by atoms with Gasteiger partial charge in [0, 0.05) is 31.1 Å². The molecule has 0 aromatic heterocycles. The molecular weight excluding hydrogens is 264 g/mol. The number of hydrogen-bond donors (Lipinski definition) is 2. The Balaban J connectivity index is 2.53. The molecule has 5 heteroatoms. The number of rotatable bonds is 7. The highest BCUT2D eigenvalue weighted by molar-refractivity contribution is 6.30. The standard InChI is InChI=1S/C14H21ClN2O2/c1-10(8-16-2)14(18)17-9-13(19-3)11-4-6-12(15)7-5-11/h4-7,10,13,16H,8-9H2,1-3H3,(H,17,18). The van der Waals surface area contributed by atoms with Crippen molar-refractivity contribution >= 4 is 17.5 Å². The second-order valence-electron chi connectivity index (χ2n) is 4.48. The Bertz CT molecular complexity index is 395. The first kappa shape index (κ1) is 16.0. The molecule has 2 unspecified atom stereocenters. The minimum atomic E-state index is -0.164. The lowest BCUT2D eigenvalue weighted by Gasteiger charge is -2.18. The summed E-state index contributed by atoms with van der Waals surface area (Å²) in [7, 11) is 3.46. The van der Waals surface area contributed by atoms with Gasteiger partial charge in [0.05, 0.1) is 6.10 Å². The molecule has 0 saturated carbocycles. The summed E-state index contributed by atoms with van der Waals surface area (Å²) >= 11 is 5.85. The third kappa shape index (κ3) is 5.19. The summed E-state index contributed by atoms with van der Waals surface area (Å²) in [5, 5.41) is 6.56. The topological polar surface area (TPSA) is 50.4 Å². The van der Waals surface area contributed by atoms with Crippen LogP contribution in [0, 0.1) is 5.92 Å². The first-order valence-electron chi connectivity index (χ1n) is 6.29. The summed E-state index contributed by atoms with van der Waals surface area (Å²) in [5.41, 5.74) is 0.994. The van der Waals surface area contributed by atoms with Crippen molar-refractivity contribution in [2.45, 2.75) is 13.0 Å². The Kier molecular flexibility index (Phi) is 6.84. The van der Waals surface area contributed by atoms with Gasteiger partial charge in [0.2, 0.25) is 5.91 Å². The van der Waals surface area contributed by atoms with E-state index in [1.54, 1.807) is 7.11 Å². The van der Waals surface area contributed by atoms with Crippen molar-refractivity contribution in [3.05, 3.63) is 34.9 Å². The molecule has 0 aliphatic carbocycles. The second kappa shape index (κ2) is 8.15. The van der Waals surface area contributed by atoms with E-state index in [0.29, 0.717) is 18.1 Å². The van der Waals surface area contributed by atoms with Crippen molar-refractivity contribution < 1.29 is 9.53 Å². The molecule has 1 rings (SSSR count). The van der Waals surface area contributed by atoms with Crippen molar-refractivity contribution in [3.63, 3.8) is 0 Å². The highest BCUT2D eigenvalue weighted by Gasteiger charge is 2.15. The number of carbonyl (C=O) groups excluding carboxylic acids is 1. The van der Waals surface area contributed by atoms with Gasteiger partial charge in [-0.15, -0.1) is 0 Å². The van der Waals surface area contributed by atoms with Gasteiger partial charge in [-0.3, -0.25) is 4.79 Å². The van der Waals surface area contributed by atoms with Crippen LogP contribution in [0.1, 0.15) is 18.6 Å². The number of halogens is 1. The fraction of sp³-hybridized carbons (Fsp3) is 0.500. The van der Waals surface area contributed by atoms with Gasteiger partial charge in [0.15, 0.2) is 0 Å². The molecule has 0 spiro atoms. The number of methoxy groups -OCH3 is 1. The smallest absolute Gasteiger partial charge is 0.224 e. The van der Waals surface area contributed by atoms with Crippen LogP contribution in [0.4, 0.5) is 0 Å². The normalized spacial score (nSPS) is 13.9. The van der Waals surface area contributed by atoms with Gasteiger partial charge in [-0.25, -0.2) is 0 Å². The molecule has 1 aromatic carbocycles. The van der Waals surface area contributed by atoms with E-state index in [1.165, 1.54) is 0 Å². The van der Waals surface area contributed by atoms with Crippen LogP contribution < -0.4 is 10.6 Å². The Hall–Kier alpha value is -1.10. The summed E-state index contributed by atoms with van der Waals surface area (Å²) in [6.45, 7) is 2.99. The number of hydrogen-bond acceptors (Lipinski definition) is 3. The Labute approximate surface area is 119 Å². The minimum absolute atomic E-state index is 0.0189. The van der Waals surface area contributed by atoms with Crippen LogP contribution in [0.25, 0.3) is 0 Å². The summed E-state index contributed by atoms with van der Waals surface area (Å²) in [4.78, 5) is 11.8. The third-order valence-corrected chi connectivity index (χ3v) is 3.20. The maximum absolute atomic E-state index is 11.8. The van der Waals surface area contributed by atoms with E-state index in [1.807, 2.05) is 38.2 Å². The zero-order chi connectivity index (χ0) is 14.3. The molecule has 0 aliphatic heterocycles. The van der Waals surface area contributed by atoms with Crippen LogP contribution in [0.3, 0.4) is 0 Å². The molecule has 0 radical (unpaired) electrons. The number of nitrogens with one attached hydrogen (secondary N) is 2. The highest BCUT2D eigenvalue weighted by Crippen LogP contribution is 2.18. The molecule has 0 bridgehead atoms. The van der Waals surface area contributed by atoms with Gasteiger partial charge in [0.25, 0.3) is 0 Å². The molecule has 0 saturated heterocycles. The molecule has 2 N–H and O–H groups in total. The van der Waals surface area contributed by atoms with E-state index in [0.717, 1.165) is 5.56 Å². The third-order valence-electron chi connectivity index (χ3n) is 2.95. The Morgan fingerprint density at radius 2 is 1.95 bits per heavy atom. The number of carbonyl (C=O) groups is 1. The monoisotopic (exact) mass is 284 g/mol. The predicted octanol–water partition coefficient (Wildman–Crippen LogP) is 2.00. The first-order valence-corrected chi connectivity index (χ1v) is 6.66. The fourth-order valence-electron chi connectivity index (χ4n) is 1.78. The minimum Gasteiger partial charge on any atom is -0.375 e. The molecule has 19 heavy (non-hydrogen) atoms. The molecule has 106 valence electrons. The molecule has 0 aliphatic rings. The molecule has 0 heterocycles. The van der Waals surface area contributed by atoms with Crippen molar-refractivity contribution in [2.24, 2.45) is 5.92 Å². The van der Waals surface area contributed by atoms with Crippen molar-refractivity contribution in [1.82, 2.24) is 10.6 Å². The molecule has 2 atom stereocenters. The quantitative estimate of drug-likeness (QED) is 0.805. The lowest BCUT2D eigenvalue weighted by atomic mass is 10.1. The van der Waals surface area contributed by atoms with E-state index in [4.69, 9.17) is 16.3 Å². The summed E-state index contributed by atoms with van der Waals surface area (Å²) in [6, 6.07) is 7.43. The van der Waals surface area contributed by atoms with Gasteiger partial charge >= 0.3 is 0 Å². The zero-order valence-electron chi connectivity index (χ0n) is 11.6. The number of benzene rings is 1. The van der Waals surface area contributed by atoms with Gasteiger partial charge < -0.3 is 15.4 Å². The first-order chi connectivity index (χ1) is 9.08. The van der Waals surface area contributed by atoms with E-state index >= 15 is 0 Å². The van der Waals surface area contributed by atoms with Crippen LogP contribution >= 0.6 is 11.6 Å². The summed E-state index contributed by atoms with van der Waals surface area (Å²) in [5.74, 6) is -0.0434. The van der Waals surface area contributed by atoms with Crippen LogP contribution in [0.15, 0.2) is 24.3 Å². The summed E-state index contributed by atoms with van der Waals surface area (Å²) < 4.78 is 5.39. The van der Waals surface area contributed by atoms with Crippen LogP contribution in [-0.2, 0) is 9.53 Å². The number of amides is 1. The molecule has 0 fully saturated rings. The van der Waals surface area contributed by atoms with Crippen LogP contribution in [-0.4, -0.2) is 33.2 Å². The molecular formula is C14H21ClN2O2. The lowest BCUT2D eigenvalue weighted by molar-refractivity contribution is -0.124. The van der Waals surface area contributed by atoms with Gasteiger partial charge in [-0.1, -0.05) is 30.7 Å². The van der Waals surface area contributed by atoms with Crippen molar-refractivity contribution in [2.75, 3.05) is 27.2 Å². The molecule has 4 nitrogen and oxygen atoms in total. The zero-order valence-corrected chi connectivity index (χ0v) is 12.3. The van der Waals surface area contributed by atoms with Gasteiger partial charge in [0.1, 0.15) is 0 Å². The Morgan fingerprint density at radius 3 is 2.47 bits per heavy atom. The Morgan fingerprint density at radius 1 is 1.32 bits per heavy atom. The van der Waals surface area contributed by atoms with E-state index in [9.17, 15) is 4.79 Å². The largest absolute Gasteiger partial charge is 0.375 e. The van der Waals surface area contributed by atoms with Crippen molar-refractivity contribution in [1.29, 1.82) is 0 Å². The second-order valence-corrected chi connectivity index (χ2v) is 4.92.